The van der Waals surface area contributed by atoms with Crippen LogP contribution in [0.25, 0.3) is 6.08 Å². The SMILES string of the molecule is COc1ccc(C(=O)Oc2c(Br)cc(/C=C(\C#N)C(=O)Nc3ccc(Cl)c(Cl)c3)cc2OC)cc1. The Morgan fingerprint density at radius 1 is 1.00 bits per heavy atom. The molecular formula is C25H17BrCl2N2O5. The van der Waals surface area contributed by atoms with Crippen LogP contribution in [0, 0.1) is 11.3 Å². The van der Waals surface area contributed by atoms with Gasteiger partial charge in [0, 0.05) is 5.69 Å². The maximum absolute atomic E-state index is 12.6. The Morgan fingerprint density at radius 3 is 2.31 bits per heavy atom. The van der Waals surface area contributed by atoms with E-state index in [2.05, 4.69) is 21.2 Å². The van der Waals surface area contributed by atoms with Gasteiger partial charge in [-0.3, -0.25) is 4.79 Å². The number of nitrogens with zero attached hydrogens (tertiary/aromatic N) is 1. The number of carbonyl (C=O) groups is 2. The summed E-state index contributed by atoms with van der Waals surface area (Å²) in [4.78, 5) is 25.2. The Labute approximate surface area is 219 Å². The number of ether oxygens (including phenoxy) is 3. The van der Waals surface area contributed by atoms with Gasteiger partial charge in [0.25, 0.3) is 5.91 Å². The van der Waals surface area contributed by atoms with Gasteiger partial charge < -0.3 is 19.5 Å². The van der Waals surface area contributed by atoms with Crippen molar-refractivity contribution in [2.75, 3.05) is 19.5 Å². The Kier molecular flexibility index (Phi) is 8.77. The van der Waals surface area contributed by atoms with Crippen molar-refractivity contribution in [2.24, 2.45) is 0 Å². The van der Waals surface area contributed by atoms with Crippen molar-refractivity contribution in [3.63, 3.8) is 0 Å². The quantitative estimate of drug-likeness (QED) is 0.149. The van der Waals surface area contributed by atoms with Gasteiger partial charge in [-0.15, -0.1) is 0 Å². The molecule has 1 amide bonds. The van der Waals surface area contributed by atoms with Crippen molar-refractivity contribution in [2.45, 2.75) is 0 Å². The molecule has 7 nitrogen and oxygen atoms in total. The lowest BCUT2D eigenvalue weighted by Gasteiger charge is -2.13. The van der Waals surface area contributed by atoms with E-state index >= 15 is 0 Å². The molecule has 0 aliphatic heterocycles. The van der Waals surface area contributed by atoms with Crippen LogP contribution in [0.5, 0.6) is 17.2 Å². The van der Waals surface area contributed by atoms with Crippen LogP contribution in [0.1, 0.15) is 15.9 Å². The minimum atomic E-state index is -0.643. The lowest BCUT2D eigenvalue weighted by atomic mass is 10.1. The molecule has 0 atom stereocenters. The second-order valence-electron chi connectivity index (χ2n) is 6.90. The molecule has 3 aromatic rings. The van der Waals surface area contributed by atoms with E-state index in [0.29, 0.717) is 32.1 Å². The molecule has 3 rings (SSSR count). The van der Waals surface area contributed by atoms with E-state index in [9.17, 15) is 14.9 Å². The van der Waals surface area contributed by atoms with Gasteiger partial charge >= 0.3 is 5.97 Å². The second-order valence-corrected chi connectivity index (χ2v) is 8.57. The Balaban J connectivity index is 1.84. The number of esters is 1. The summed E-state index contributed by atoms with van der Waals surface area (Å²) in [5, 5.41) is 12.7. The lowest BCUT2D eigenvalue weighted by molar-refractivity contribution is -0.112. The molecule has 178 valence electrons. The predicted molar refractivity (Wildman–Crippen MR) is 137 cm³/mol. The third kappa shape index (κ3) is 6.55. The largest absolute Gasteiger partial charge is 0.497 e. The van der Waals surface area contributed by atoms with Gasteiger partial charge in [-0.05, 0) is 82.2 Å². The van der Waals surface area contributed by atoms with Gasteiger partial charge in [0.2, 0.25) is 0 Å². The fraction of sp³-hybridized carbons (Fsp3) is 0.0800. The number of amides is 1. The van der Waals surface area contributed by atoms with Crippen molar-refractivity contribution in [3.05, 3.63) is 85.8 Å². The van der Waals surface area contributed by atoms with Crippen LogP contribution in [0.4, 0.5) is 5.69 Å². The summed E-state index contributed by atoms with van der Waals surface area (Å²) >= 11 is 15.2. The van der Waals surface area contributed by atoms with E-state index in [1.54, 1.807) is 36.4 Å². The molecule has 0 bridgehead atoms. The first-order valence-electron chi connectivity index (χ1n) is 9.87. The Morgan fingerprint density at radius 2 is 1.71 bits per heavy atom. The summed E-state index contributed by atoms with van der Waals surface area (Å²) in [6.45, 7) is 0. The van der Waals surface area contributed by atoms with Crippen molar-refractivity contribution in [1.82, 2.24) is 0 Å². The van der Waals surface area contributed by atoms with E-state index in [4.69, 9.17) is 37.4 Å². The zero-order valence-corrected chi connectivity index (χ0v) is 21.5. The first-order chi connectivity index (χ1) is 16.7. The average molecular weight is 576 g/mol. The number of benzene rings is 3. The second kappa shape index (κ2) is 11.8. The normalized spacial score (nSPS) is 10.8. The number of halogens is 3. The number of nitriles is 1. The molecule has 0 saturated heterocycles. The zero-order chi connectivity index (χ0) is 25.5. The van der Waals surface area contributed by atoms with Gasteiger partial charge in [-0.2, -0.15) is 5.26 Å². The monoisotopic (exact) mass is 574 g/mol. The highest BCUT2D eigenvalue weighted by atomic mass is 79.9. The van der Waals surface area contributed by atoms with Gasteiger partial charge in [0.05, 0.1) is 34.3 Å². The third-order valence-corrected chi connectivity index (χ3v) is 5.95. The van der Waals surface area contributed by atoms with Crippen LogP contribution in [-0.4, -0.2) is 26.1 Å². The molecule has 0 saturated carbocycles. The molecule has 0 aromatic heterocycles. The van der Waals surface area contributed by atoms with Gasteiger partial charge in [-0.1, -0.05) is 23.2 Å². The molecule has 0 aliphatic carbocycles. The third-order valence-electron chi connectivity index (χ3n) is 4.63. The lowest BCUT2D eigenvalue weighted by Crippen LogP contribution is -2.13. The molecule has 0 spiro atoms. The molecule has 0 unspecified atom stereocenters. The molecule has 1 N–H and O–H groups in total. The minimum Gasteiger partial charge on any atom is -0.497 e. The summed E-state index contributed by atoms with van der Waals surface area (Å²) in [5.74, 6) is -0.281. The van der Waals surface area contributed by atoms with Crippen LogP contribution in [0.2, 0.25) is 10.0 Å². The minimum absolute atomic E-state index is 0.143. The molecule has 35 heavy (non-hydrogen) atoms. The van der Waals surface area contributed by atoms with Crippen molar-refractivity contribution in [1.29, 1.82) is 5.26 Å². The van der Waals surface area contributed by atoms with Crippen LogP contribution < -0.4 is 19.5 Å². The molecule has 0 radical (unpaired) electrons. The number of rotatable bonds is 7. The number of hydrogen-bond donors (Lipinski definition) is 1. The van der Waals surface area contributed by atoms with E-state index in [0.717, 1.165) is 0 Å². The topological polar surface area (TPSA) is 97.7 Å². The van der Waals surface area contributed by atoms with Crippen LogP contribution in [-0.2, 0) is 4.79 Å². The molecule has 0 aliphatic rings. The smallest absolute Gasteiger partial charge is 0.343 e. The maximum Gasteiger partial charge on any atom is 0.343 e. The summed E-state index contributed by atoms with van der Waals surface area (Å²) in [6, 6.07) is 16.0. The van der Waals surface area contributed by atoms with Crippen molar-refractivity contribution >= 4 is 62.8 Å². The summed E-state index contributed by atoms with van der Waals surface area (Å²) in [7, 11) is 2.93. The van der Waals surface area contributed by atoms with E-state index in [1.165, 1.54) is 38.5 Å². The molecule has 10 heteroatoms. The fourth-order valence-corrected chi connectivity index (χ4v) is 3.73. The average Bonchev–Trinajstić information content (AvgIpc) is 2.85. The van der Waals surface area contributed by atoms with E-state index in [1.807, 2.05) is 6.07 Å². The van der Waals surface area contributed by atoms with Crippen LogP contribution in [0.3, 0.4) is 0 Å². The highest BCUT2D eigenvalue weighted by Gasteiger charge is 2.18. The fourth-order valence-electron chi connectivity index (χ4n) is 2.89. The number of nitrogens with one attached hydrogen (secondary N) is 1. The first-order valence-corrected chi connectivity index (χ1v) is 11.4. The van der Waals surface area contributed by atoms with Crippen LogP contribution >= 0.6 is 39.1 Å². The van der Waals surface area contributed by atoms with Gasteiger partial charge in [-0.25, -0.2) is 4.79 Å². The van der Waals surface area contributed by atoms with E-state index in [-0.39, 0.29) is 22.1 Å². The van der Waals surface area contributed by atoms with Gasteiger partial charge in [0.15, 0.2) is 11.5 Å². The number of hydrogen-bond acceptors (Lipinski definition) is 6. The molecule has 0 fully saturated rings. The van der Waals surface area contributed by atoms with Gasteiger partial charge in [0.1, 0.15) is 17.4 Å². The summed E-state index contributed by atoms with van der Waals surface area (Å²) in [5.41, 5.74) is 0.978. The molecule has 0 heterocycles. The van der Waals surface area contributed by atoms with Crippen molar-refractivity contribution in [3.8, 4) is 23.3 Å². The molecular weight excluding hydrogens is 559 g/mol. The molecule has 3 aromatic carbocycles. The van der Waals surface area contributed by atoms with E-state index < -0.39 is 11.9 Å². The standard InChI is InChI=1S/C25H17BrCl2N2O5/c1-33-18-6-3-15(4-7-18)25(32)35-23-19(26)10-14(11-22(23)34-2)9-16(13-29)24(31)30-17-5-8-20(27)21(28)12-17/h3-12H,1-2H3,(H,30,31)/b16-9+. The summed E-state index contributed by atoms with van der Waals surface area (Å²) < 4.78 is 16.4. The Hall–Kier alpha value is -3.51. The Bertz CT molecular complexity index is 1350. The maximum atomic E-state index is 12.6. The van der Waals surface area contributed by atoms with Crippen LogP contribution in [0.15, 0.2) is 64.6 Å². The highest BCUT2D eigenvalue weighted by molar-refractivity contribution is 9.10. The number of methoxy groups -OCH3 is 2. The predicted octanol–water partition coefficient (Wildman–Crippen LogP) is 6.54. The van der Waals surface area contributed by atoms with Crippen molar-refractivity contribution < 1.29 is 23.8 Å². The number of carbonyl (C=O) groups excluding carboxylic acids is 2. The zero-order valence-electron chi connectivity index (χ0n) is 18.4. The summed E-state index contributed by atoms with van der Waals surface area (Å²) in [6.07, 6.45) is 1.37. The number of anilines is 1. The first kappa shape index (κ1) is 26.1. The highest BCUT2D eigenvalue weighted by Crippen LogP contribution is 2.38.